The smallest absolute Gasteiger partial charge is 0.254 e. The van der Waals surface area contributed by atoms with Gasteiger partial charge in [0.05, 0.1) is 0 Å². The first-order valence-electron chi connectivity index (χ1n) is 0.921. The molecule has 30 valence electrons. The van der Waals surface area contributed by atoms with E-state index < -0.39 is 5.23 Å². The third kappa shape index (κ3) is 3.36. The van der Waals surface area contributed by atoms with Gasteiger partial charge in [-0.2, -0.15) is 0 Å². The third-order valence-electron chi connectivity index (χ3n) is 0.101. The average molecular weight is 78.0 g/mol. The van der Waals surface area contributed by atoms with Crippen LogP contribution in [-0.4, -0.2) is 11.6 Å². The summed E-state index contributed by atoms with van der Waals surface area (Å²) in [7, 11) is 0. The minimum Gasteiger partial charge on any atom is -0.274 e. The summed E-state index contributed by atoms with van der Waals surface area (Å²) in [5, 5.41) is -0.556. The molecule has 1 amide bonds. The van der Waals surface area contributed by atoms with Gasteiger partial charge in [-0.1, -0.05) is 4.48 Å². The molecule has 0 radical (unpaired) electrons. The van der Waals surface area contributed by atoms with E-state index in [1.165, 1.54) is 0 Å². The van der Waals surface area contributed by atoms with Gasteiger partial charge in [0.15, 0.2) is 0 Å². The number of hydrazine groups is 1. The summed E-state index contributed by atoms with van der Waals surface area (Å²) < 4.78 is 10.7. The number of carbonyl (C=O) groups excluding carboxylic acids is 1. The van der Waals surface area contributed by atoms with Gasteiger partial charge in [0, 0.05) is 0 Å². The summed E-state index contributed by atoms with van der Waals surface area (Å²) >= 11 is 0. The van der Waals surface area contributed by atoms with Crippen LogP contribution in [0.25, 0.3) is 0 Å². The molecule has 0 aromatic carbocycles. The van der Waals surface area contributed by atoms with Gasteiger partial charge in [-0.15, -0.1) is 5.23 Å². The van der Waals surface area contributed by atoms with Crippen LogP contribution in [0.3, 0.4) is 0 Å². The summed E-state index contributed by atoms with van der Waals surface area (Å²) in [6.07, 6.45) is -0.139. The highest BCUT2D eigenvalue weighted by molar-refractivity contribution is 5.43. The van der Waals surface area contributed by atoms with Gasteiger partial charge in [-0.3, -0.25) is 4.79 Å². The Bertz CT molecular complexity index is 36.6. The SMILES string of the molecule is NN(F)C=O. The predicted octanol–water partition coefficient (Wildman–Crippen LogP) is -0.797. The van der Waals surface area contributed by atoms with Crippen molar-refractivity contribution in [3.8, 4) is 0 Å². The molecule has 0 spiro atoms. The van der Waals surface area contributed by atoms with Gasteiger partial charge in [0.2, 0.25) is 0 Å². The van der Waals surface area contributed by atoms with Crippen LogP contribution >= 0.6 is 0 Å². The molecule has 5 heavy (non-hydrogen) atoms. The molecule has 0 heterocycles. The molecule has 0 unspecified atom stereocenters. The van der Waals surface area contributed by atoms with Crippen molar-refractivity contribution in [3.05, 3.63) is 0 Å². The zero-order valence-electron chi connectivity index (χ0n) is 2.39. The molecule has 0 aliphatic carbocycles. The molecule has 0 rings (SSSR count). The number of hydrogen-bond donors (Lipinski definition) is 1. The molecule has 0 atom stereocenters. The van der Waals surface area contributed by atoms with Gasteiger partial charge >= 0.3 is 0 Å². The normalized spacial score (nSPS) is 6.80. The minimum atomic E-state index is -0.556. The molecule has 0 aliphatic rings. The van der Waals surface area contributed by atoms with E-state index in [0.29, 0.717) is 0 Å². The van der Waals surface area contributed by atoms with Crippen LogP contribution in [0.4, 0.5) is 4.48 Å². The lowest BCUT2D eigenvalue weighted by molar-refractivity contribution is -0.132. The second-order valence-corrected chi connectivity index (χ2v) is 0.450. The van der Waals surface area contributed by atoms with Crippen LogP contribution in [-0.2, 0) is 4.79 Å². The van der Waals surface area contributed by atoms with Gasteiger partial charge in [-0.25, -0.2) is 5.84 Å². The van der Waals surface area contributed by atoms with E-state index in [0.717, 1.165) is 0 Å². The number of nitrogens with zero attached hydrogens (tertiary/aromatic N) is 1. The average Bonchev–Trinajstić information content (AvgIpc) is 1.38. The Balaban J connectivity index is 2.83. The third-order valence-corrected chi connectivity index (χ3v) is 0.101. The van der Waals surface area contributed by atoms with Crippen LogP contribution in [0.5, 0.6) is 0 Å². The molecule has 4 heteroatoms. The second kappa shape index (κ2) is 1.66. The van der Waals surface area contributed by atoms with Gasteiger partial charge < -0.3 is 0 Å². The molecule has 0 aliphatic heterocycles. The first-order valence-corrected chi connectivity index (χ1v) is 0.921. The van der Waals surface area contributed by atoms with E-state index in [-0.39, 0.29) is 6.41 Å². The van der Waals surface area contributed by atoms with E-state index in [9.17, 15) is 4.48 Å². The number of carbonyl (C=O) groups is 1. The fourth-order valence-electron chi connectivity index (χ4n) is 0. The zero-order chi connectivity index (χ0) is 4.28. The fourth-order valence-corrected chi connectivity index (χ4v) is 0. The summed E-state index contributed by atoms with van der Waals surface area (Å²) in [6.45, 7) is 0. The number of nitrogens with two attached hydrogens (primary N) is 1. The quantitative estimate of drug-likeness (QED) is 0.147. The van der Waals surface area contributed by atoms with E-state index in [2.05, 4.69) is 5.84 Å². The summed E-state index contributed by atoms with van der Waals surface area (Å²) in [6, 6.07) is 0. The lowest BCUT2D eigenvalue weighted by Crippen LogP contribution is -2.17. The van der Waals surface area contributed by atoms with Crippen molar-refractivity contribution in [1.29, 1.82) is 0 Å². The lowest BCUT2D eigenvalue weighted by Gasteiger charge is -1.85. The summed E-state index contributed by atoms with van der Waals surface area (Å²) in [4.78, 5) is 8.93. The molecule has 0 saturated heterocycles. The Labute approximate surface area is 28.1 Å². The van der Waals surface area contributed by atoms with Crippen LogP contribution in [0.15, 0.2) is 0 Å². The monoisotopic (exact) mass is 78.0 g/mol. The van der Waals surface area contributed by atoms with Crippen molar-refractivity contribution in [1.82, 2.24) is 5.23 Å². The van der Waals surface area contributed by atoms with Gasteiger partial charge in [0.1, 0.15) is 0 Å². The van der Waals surface area contributed by atoms with Crippen molar-refractivity contribution >= 4 is 6.41 Å². The Morgan fingerprint density at radius 1 is 2.00 bits per heavy atom. The molecular weight excluding hydrogens is 75.0 g/mol. The molecule has 2 N–H and O–H groups in total. The fraction of sp³-hybridized carbons (Fsp3) is 0. The lowest BCUT2D eigenvalue weighted by atomic mass is 11.4. The van der Waals surface area contributed by atoms with Gasteiger partial charge in [0.25, 0.3) is 6.41 Å². The van der Waals surface area contributed by atoms with Crippen molar-refractivity contribution in [2.24, 2.45) is 5.84 Å². The van der Waals surface area contributed by atoms with Crippen molar-refractivity contribution in [2.75, 3.05) is 0 Å². The highest BCUT2D eigenvalue weighted by atomic mass is 19.2. The standard InChI is InChI=1S/CH3FN2O/c2-4(3)1-5/h1H,3H2. The maximum absolute atomic E-state index is 10.7. The highest BCUT2D eigenvalue weighted by Crippen LogP contribution is 1.58. The largest absolute Gasteiger partial charge is 0.274 e. The van der Waals surface area contributed by atoms with E-state index >= 15 is 0 Å². The topological polar surface area (TPSA) is 46.3 Å². The first kappa shape index (κ1) is 4.36. The van der Waals surface area contributed by atoms with Crippen LogP contribution in [0.2, 0.25) is 0 Å². The molecule has 0 aromatic heterocycles. The van der Waals surface area contributed by atoms with E-state index in [4.69, 9.17) is 4.79 Å². The van der Waals surface area contributed by atoms with Crippen molar-refractivity contribution in [3.63, 3.8) is 0 Å². The molecule has 0 aromatic rings. The van der Waals surface area contributed by atoms with Crippen LogP contribution < -0.4 is 5.84 Å². The minimum absolute atomic E-state index is 0.139. The summed E-state index contributed by atoms with van der Waals surface area (Å²) in [5.41, 5.74) is 0. The Hall–Kier alpha value is -0.640. The van der Waals surface area contributed by atoms with Crippen molar-refractivity contribution < 1.29 is 9.28 Å². The second-order valence-electron chi connectivity index (χ2n) is 0.450. The maximum atomic E-state index is 10.7. The van der Waals surface area contributed by atoms with E-state index in [1.807, 2.05) is 0 Å². The number of halogens is 1. The molecule has 0 saturated carbocycles. The Kier molecular flexibility index (Phi) is 1.45. The highest BCUT2D eigenvalue weighted by Gasteiger charge is 1.75. The van der Waals surface area contributed by atoms with Crippen LogP contribution in [0, 0.1) is 0 Å². The molecular formula is CH3FN2O. The van der Waals surface area contributed by atoms with Crippen molar-refractivity contribution in [2.45, 2.75) is 0 Å². The molecule has 0 fully saturated rings. The predicted molar refractivity (Wildman–Crippen MR) is 13.2 cm³/mol. The van der Waals surface area contributed by atoms with Gasteiger partial charge in [-0.05, 0) is 0 Å². The Morgan fingerprint density at radius 3 is 2.20 bits per heavy atom. The first-order chi connectivity index (χ1) is 2.27. The number of hydrogen-bond acceptors (Lipinski definition) is 2. The number of rotatable bonds is 1. The molecule has 0 bridgehead atoms. The zero-order valence-corrected chi connectivity index (χ0v) is 2.39. The maximum Gasteiger partial charge on any atom is 0.254 e. The molecule has 3 nitrogen and oxygen atoms in total. The van der Waals surface area contributed by atoms with E-state index in [1.54, 1.807) is 0 Å². The summed E-state index contributed by atoms with van der Waals surface area (Å²) in [5.74, 6) is 4.09. The van der Waals surface area contributed by atoms with Crippen LogP contribution in [0.1, 0.15) is 0 Å². The Morgan fingerprint density at radius 2 is 2.20 bits per heavy atom. The number of amides is 1.